The molecule has 4 rings (SSSR count). The van der Waals surface area contributed by atoms with Crippen molar-refractivity contribution in [2.75, 3.05) is 5.32 Å². The minimum atomic E-state index is -1.27. The minimum Gasteiger partial charge on any atom is -0.322 e. The summed E-state index contributed by atoms with van der Waals surface area (Å²) >= 11 is 0. The smallest absolute Gasteiger partial charge is 0.256 e. The van der Waals surface area contributed by atoms with Gasteiger partial charge in [-0.3, -0.25) is 9.78 Å². The Hall–Kier alpha value is -3.53. The van der Waals surface area contributed by atoms with Crippen LogP contribution in [0.2, 0.25) is 0 Å². The van der Waals surface area contributed by atoms with Crippen molar-refractivity contribution in [3.05, 3.63) is 107 Å². The molecule has 0 aliphatic carbocycles. The van der Waals surface area contributed by atoms with Crippen LogP contribution in [-0.4, -0.2) is 10.9 Å². The van der Waals surface area contributed by atoms with Crippen molar-refractivity contribution in [1.82, 2.24) is 4.98 Å². The molecule has 0 aliphatic heterocycles. The van der Waals surface area contributed by atoms with Crippen LogP contribution in [-0.2, 0) is 6.42 Å². The topological polar surface area (TPSA) is 42.0 Å². The number of nitrogens with one attached hydrogen (secondary N) is 1. The average molecular weight is 398 g/mol. The third-order valence-electron chi connectivity index (χ3n) is 5.43. The molecule has 0 fully saturated rings. The first-order valence-electron chi connectivity index (χ1n) is 9.97. The van der Waals surface area contributed by atoms with Gasteiger partial charge in [0, 0.05) is 29.3 Å². The number of hydrogen-bond acceptors (Lipinski definition) is 2. The Labute approximate surface area is 175 Å². The first-order valence-corrected chi connectivity index (χ1v) is 9.97. The summed E-state index contributed by atoms with van der Waals surface area (Å²) in [6, 6.07) is 22.2. The number of fused-ring (bicyclic) bond motifs is 1. The molecule has 1 aromatic heterocycles. The van der Waals surface area contributed by atoms with E-state index in [-0.39, 0.29) is 12.3 Å². The highest BCUT2D eigenvalue weighted by Crippen LogP contribution is 2.29. The number of pyridine rings is 1. The minimum absolute atomic E-state index is 0.239. The van der Waals surface area contributed by atoms with Crippen LogP contribution in [0, 0.1) is 13.8 Å². The van der Waals surface area contributed by atoms with Crippen molar-refractivity contribution < 1.29 is 9.18 Å². The molecule has 150 valence electrons. The number of carbonyl (C=O) groups excluding carboxylic acids is 1. The third-order valence-corrected chi connectivity index (χ3v) is 5.43. The maximum Gasteiger partial charge on any atom is 0.256 e. The van der Waals surface area contributed by atoms with E-state index in [1.165, 1.54) is 0 Å². The fourth-order valence-electron chi connectivity index (χ4n) is 3.78. The van der Waals surface area contributed by atoms with Gasteiger partial charge >= 0.3 is 0 Å². The van der Waals surface area contributed by atoms with E-state index in [0.717, 1.165) is 27.6 Å². The predicted molar refractivity (Wildman–Crippen MR) is 120 cm³/mol. The van der Waals surface area contributed by atoms with Gasteiger partial charge in [-0.25, -0.2) is 4.39 Å². The van der Waals surface area contributed by atoms with E-state index >= 15 is 4.39 Å². The van der Waals surface area contributed by atoms with Gasteiger partial charge in [0.1, 0.15) is 6.17 Å². The van der Waals surface area contributed by atoms with E-state index in [1.807, 2.05) is 62.4 Å². The van der Waals surface area contributed by atoms with E-state index in [2.05, 4.69) is 10.3 Å². The molecule has 0 saturated heterocycles. The first-order chi connectivity index (χ1) is 14.5. The number of amides is 1. The number of carbonyl (C=O) groups is 1. The fraction of sp³-hybridized carbons (Fsp3) is 0.154. The van der Waals surface area contributed by atoms with Gasteiger partial charge in [0.2, 0.25) is 0 Å². The lowest BCUT2D eigenvalue weighted by atomic mass is 9.93. The Balaban J connectivity index is 1.59. The number of benzene rings is 3. The van der Waals surface area contributed by atoms with Gasteiger partial charge in [-0.1, -0.05) is 48.5 Å². The van der Waals surface area contributed by atoms with Crippen LogP contribution < -0.4 is 5.32 Å². The molecule has 4 aromatic rings. The van der Waals surface area contributed by atoms with E-state index in [9.17, 15) is 4.79 Å². The molecule has 3 aromatic carbocycles. The molecule has 3 nitrogen and oxygen atoms in total. The molecule has 1 atom stereocenters. The summed E-state index contributed by atoms with van der Waals surface area (Å²) in [6.45, 7) is 3.98. The maximum absolute atomic E-state index is 15.4. The van der Waals surface area contributed by atoms with E-state index in [1.54, 1.807) is 30.5 Å². The third kappa shape index (κ3) is 4.08. The van der Waals surface area contributed by atoms with Gasteiger partial charge in [-0.15, -0.1) is 0 Å². The standard InChI is InChI=1S/C26H23FN2O/c1-17-7-5-8-18(2)23(17)16-24(27)21-10-3-4-11-22(21)26(30)29-20-13-12-19-9-6-14-28-25(19)15-20/h3-15,24H,16H2,1-2H3,(H,29,30). The number of aromatic nitrogens is 1. The molecule has 0 saturated carbocycles. The molecule has 0 bridgehead atoms. The van der Waals surface area contributed by atoms with Gasteiger partial charge in [0.15, 0.2) is 0 Å². The Kier molecular flexibility index (Phi) is 5.57. The van der Waals surface area contributed by atoms with Crippen molar-refractivity contribution in [2.45, 2.75) is 26.4 Å². The van der Waals surface area contributed by atoms with Crippen molar-refractivity contribution in [3.63, 3.8) is 0 Å². The summed E-state index contributed by atoms with van der Waals surface area (Å²) in [5.74, 6) is -0.329. The molecular weight excluding hydrogens is 375 g/mol. The highest BCUT2D eigenvalue weighted by molar-refractivity contribution is 6.06. The number of alkyl halides is 1. The maximum atomic E-state index is 15.4. The Morgan fingerprint density at radius 2 is 1.73 bits per heavy atom. The molecule has 0 radical (unpaired) electrons. The second-order valence-electron chi connectivity index (χ2n) is 7.49. The molecule has 1 N–H and O–H groups in total. The highest BCUT2D eigenvalue weighted by atomic mass is 19.1. The number of halogens is 1. The quantitative estimate of drug-likeness (QED) is 0.425. The van der Waals surface area contributed by atoms with Gasteiger partial charge in [-0.2, -0.15) is 0 Å². The summed E-state index contributed by atoms with van der Waals surface area (Å²) < 4.78 is 15.4. The van der Waals surface area contributed by atoms with Crippen LogP contribution in [0.1, 0.15) is 38.8 Å². The zero-order valence-corrected chi connectivity index (χ0v) is 17.0. The van der Waals surface area contributed by atoms with Gasteiger partial charge in [0.05, 0.1) is 5.52 Å². The molecule has 30 heavy (non-hydrogen) atoms. The van der Waals surface area contributed by atoms with Gasteiger partial charge < -0.3 is 5.32 Å². The summed E-state index contributed by atoms with van der Waals surface area (Å²) in [5, 5.41) is 3.88. The fourth-order valence-corrected chi connectivity index (χ4v) is 3.78. The summed E-state index contributed by atoms with van der Waals surface area (Å²) in [4.78, 5) is 17.3. The van der Waals surface area contributed by atoms with Crippen LogP contribution in [0.4, 0.5) is 10.1 Å². The number of hydrogen-bond donors (Lipinski definition) is 1. The summed E-state index contributed by atoms with van der Waals surface area (Å²) in [6.07, 6.45) is 0.678. The molecule has 1 amide bonds. The number of rotatable bonds is 5. The monoisotopic (exact) mass is 398 g/mol. The molecule has 1 heterocycles. The highest BCUT2D eigenvalue weighted by Gasteiger charge is 2.20. The summed E-state index contributed by atoms with van der Waals surface area (Å²) in [7, 11) is 0. The zero-order chi connectivity index (χ0) is 21.1. The number of nitrogens with zero attached hydrogens (tertiary/aromatic N) is 1. The van der Waals surface area contributed by atoms with Crippen molar-refractivity contribution in [2.24, 2.45) is 0 Å². The van der Waals surface area contributed by atoms with Crippen molar-refractivity contribution in [3.8, 4) is 0 Å². The largest absolute Gasteiger partial charge is 0.322 e. The van der Waals surface area contributed by atoms with E-state index in [0.29, 0.717) is 16.8 Å². The molecule has 1 unspecified atom stereocenters. The first kappa shape index (κ1) is 19.8. The SMILES string of the molecule is Cc1cccc(C)c1CC(F)c1ccccc1C(=O)Nc1ccc2cccnc2c1. The number of aryl methyl sites for hydroxylation is 2. The van der Waals surface area contributed by atoms with Crippen molar-refractivity contribution >= 4 is 22.5 Å². The van der Waals surface area contributed by atoms with E-state index < -0.39 is 6.17 Å². The summed E-state index contributed by atoms with van der Waals surface area (Å²) in [5.41, 5.74) is 5.27. The van der Waals surface area contributed by atoms with Crippen LogP contribution in [0.25, 0.3) is 10.9 Å². The Morgan fingerprint density at radius 1 is 0.967 bits per heavy atom. The molecular formula is C26H23FN2O. The van der Waals surface area contributed by atoms with Crippen LogP contribution in [0.5, 0.6) is 0 Å². The Bertz CT molecular complexity index is 1200. The predicted octanol–water partition coefficient (Wildman–Crippen LogP) is 6.36. The zero-order valence-electron chi connectivity index (χ0n) is 17.0. The lowest BCUT2D eigenvalue weighted by Crippen LogP contribution is -2.16. The lowest BCUT2D eigenvalue weighted by molar-refractivity contribution is 0.102. The normalized spacial score (nSPS) is 12.0. The molecule has 4 heteroatoms. The molecule has 0 spiro atoms. The van der Waals surface area contributed by atoms with E-state index in [4.69, 9.17) is 0 Å². The van der Waals surface area contributed by atoms with Crippen LogP contribution in [0.3, 0.4) is 0 Å². The van der Waals surface area contributed by atoms with Gasteiger partial charge in [-0.05, 0) is 60.4 Å². The molecule has 0 aliphatic rings. The average Bonchev–Trinajstić information content (AvgIpc) is 2.76. The van der Waals surface area contributed by atoms with Crippen LogP contribution in [0.15, 0.2) is 79.0 Å². The van der Waals surface area contributed by atoms with Crippen molar-refractivity contribution in [1.29, 1.82) is 0 Å². The van der Waals surface area contributed by atoms with Crippen LogP contribution >= 0.6 is 0 Å². The lowest BCUT2D eigenvalue weighted by Gasteiger charge is -2.16. The Morgan fingerprint density at radius 3 is 2.53 bits per heavy atom. The van der Waals surface area contributed by atoms with Gasteiger partial charge in [0.25, 0.3) is 5.91 Å². The second kappa shape index (κ2) is 8.46. The number of anilines is 1. The second-order valence-corrected chi connectivity index (χ2v) is 7.49.